The van der Waals surface area contributed by atoms with Gasteiger partial charge in [-0.15, -0.1) is 22.9 Å². The van der Waals surface area contributed by atoms with Crippen LogP contribution in [0.25, 0.3) is 0 Å². The third kappa shape index (κ3) is 6.40. The molecule has 0 aliphatic rings. The van der Waals surface area contributed by atoms with E-state index in [4.69, 9.17) is 0 Å². The summed E-state index contributed by atoms with van der Waals surface area (Å²) in [5.74, 6) is 7.34. The van der Waals surface area contributed by atoms with E-state index >= 15 is 0 Å². The van der Waals surface area contributed by atoms with Gasteiger partial charge in [0, 0.05) is 12.8 Å². The molecule has 0 radical (unpaired) electrons. The molecule has 0 fully saturated rings. The highest BCUT2D eigenvalue weighted by atomic mass is 28.3. The van der Waals surface area contributed by atoms with Gasteiger partial charge in [-0.05, 0) is 37.5 Å². The van der Waals surface area contributed by atoms with Crippen molar-refractivity contribution >= 4 is 47.3 Å². The van der Waals surface area contributed by atoms with Crippen LogP contribution in [0.5, 0.6) is 0 Å². The molecule has 0 aliphatic heterocycles. The average Bonchev–Trinajstić information content (AvgIpc) is 3.13. The van der Waals surface area contributed by atoms with Crippen molar-refractivity contribution in [3.05, 3.63) is 182 Å². The highest BCUT2D eigenvalue weighted by Gasteiger charge is 2.39. The quantitative estimate of drug-likeness (QED) is 0.0916. The molecule has 216 valence electrons. The van der Waals surface area contributed by atoms with Crippen LogP contribution in [-0.4, -0.2) is 16.1 Å². The lowest BCUT2D eigenvalue weighted by molar-refractivity contribution is 0.904. The first-order valence-corrected chi connectivity index (χ1v) is 19.7. The molecule has 0 heterocycles. The molecule has 0 saturated carbocycles. The van der Waals surface area contributed by atoms with Crippen LogP contribution < -0.4 is 31.1 Å². The number of unbranched alkanes of at least 4 members (excludes halogenated alkanes) is 2. The Hall–Kier alpha value is -5.13. The third-order valence-electron chi connectivity index (χ3n) is 8.40. The van der Waals surface area contributed by atoms with Crippen molar-refractivity contribution in [1.29, 1.82) is 0 Å². The number of hydrogen-bond acceptors (Lipinski definition) is 0. The number of rotatable bonds is 8. The first-order chi connectivity index (χ1) is 22.3. The van der Waals surface area contributed by atoms with E-state index in [9.17, 15) is 0 Å². The fourth-order valence-electron chi connectivity index (χ4n) is 6.22. The van der Waals surface area contributed by atoms with Crippen molar-refractivity contribution in [1.82, 2.24) is 0 Å². The summed E-state index contributed by atoms with van der Waals surface area (Å²) < 4.78 is 0. The Balaban J connectivity index is 1.33. The minimum absolute atomic E-state index is 0.812. The summed E-state index contributed by atoms with van der Waals surface area (Å²) in [5.41, 5.74) is 7.83. The van der Waals surface area contributed by atoms with Crippen molar-refractivity contribution in [3.63, 3.8) is 0 Å². The topological polar surface area (TPSA) is 0 Å². The third-order valence-corrected chi connectivity index (χ3v) is 16.7. The van der Waals surface area contributed by atoms with Crippen molar-refractivity contribution in [2.24, 2.45) is 0 Å². The summed E-state index contributed by atoms with van der Waals surface area (Å²) >= 11 is 0. The standard InChI is InChI=1S/C43H36Si2/c1(2-22-36-44(38-24-10-4-11-25-38,39-26-12-5-13-27-39)40-28-14-6-15-29-40)3-23-37-45(41-30-16-7-17-31-41,42-32-18-8-19-33-42)43-34-20-9-21-35-43/h4-21,24-35H,1-3H2. The van der Waals surface area contributed by atoms with E-state index in [2.05, 4.69) is 205 Å². The van der Waals surface area contributed by atoms with Crippen LogP contribution in [0.1, 0.15) is 19.3 Å². The van der Waals surface area contributed by atoms with E-state index in [1.165, 1.54) is 31.1 Å². The van der Waals surface area contributed by atoms with Crippen LogP contribution >= 0.6 is 0 Å². The van der Waals surface area contributed by atoms with E-state index in [0.29, 0.717) is 0 Å². The van der Waals surface area contributed by atoms with Crippen LogP contribution in [0.15, 0.2) is 182 Å². The van der Waals surface area contributed by atoms with Gasteiger partial charge in [-0.1, -0.05) is 182 Å². The molecule has 0 atom stereocenters. The fraction of sp³-hybridized carbons (Fsp3) is 0.0698. The predicted octanol–water partition coefficient (Wildman–Crippen LogP) is 5.58. The van der Waals surface area contributed by atoms with Crippen LogP contribution in [0, 0.1) is 22.9 Å². The minimum atomic E-state index is -2.54. The molecule has 6 rings (SSSR count). The Kier molecular flexibility index (Phi) is 9.69. The Bertz CT molecular complexity index is 1560. The Labute approximate surface area is 270 Å². The molecule has 0 bridgehead atoms. The van der Waals surface area contributed by atoms with E-state index < -0.39 is 16.1 Å². The van der Waals surface area contributed by atoms with E-state index in [1.807, 2.05) is 0 Å². The Morgan fingerprint density at radius 1 is 0.289 bits per heavy atom. The van der Waals surface area contributed by atoms with Gasteiger partial charge in [0.15, 0.2) is 0 Å². The smallest absolute Gasteiger partial charge is 0.114 e. The summed E-state index contributed by atoms with van der Waals surface area (Å²) in [6, 6.07) is 65.3. The van der Waals surface area contributed by atoms with Gasteiger partial charge in [0.1, 0.15) is 0 Å². The molecule has 0 N–H and O–H groups in total. The maximum absolute atomic E-state index is 3.92. The molecular weight excluding hydrogens is 573 g/mol. The zero-order chi connectivity index (χ0) is 30.6. The first-order valence-electron chi connectivity index (χ1n) is 15.7. The molecular formula is C43H36Si2. The molecule has 0 spiro atoms. The fourth-order valence-corrected chi connectivity index (χ4v) is 14.0. The number of benzene rings is 6. The van der Waals surface area contributed by atoms with Crippen molar-refractivity contribution in [2.75, 3.05) is 0 Å². The monoisotopic (exact) mass is 608 g/mol. The molecule has 6 aromatic rings. The van der Waals surface area contributed by atoms with Gasteiger partial charge < -0.3 is 0 Å². The Morgan fingerprint density at radius 3 is 0.689 bits per heavy atom. The number of hydrogen-bond donors (Lipinski definition) is 0. The van der Waals surface area contributed by atoms with Crippen LogP contribution in [0.4, 0.5) is 0 Å². The van der Waals surface area contributed by atoms with Crippen molar-refractivity contribution < 1.29 is 0 Å². The molecule has 2 heteroatoms. The second-order valence-electron chi connectivity index (χ2n) is 11.2. The SMILES string of the molecule is C(#C[Si](c1ccccc1)(c1ccccc1)c1ccccc1)CCCC#C[Si](c1ccccc1)(c1ccccc1)c1ccccc1. The molecule has 0 amide bonds. The van der Waals surface area contributed by atoms with Crippen LogP contribution in [0.3, 0.4) is 0 Å². The summed E-state index contributed by atoms with van der Waals surface area (Å²) in [7, 11) is -5.09. The van der Waals surface area contributed by atoms with Crippen molar-refractivity contribution in [2.45, 2.75) is 19.3 Å². The summed E-state index contributed by atoms with van der Waals surface area (Å²) in [4.78, 5) is 0. The lowest BCUT2D eigenvalue weighted by atomic mass is 10.2. The normalized spacial score (nSPS) is 11.0. The first kappa shape index (κ1) is 29.9. The van der Waals surface area contributed by atoms with Crippen LogP contribution in [-0.2, 0) is 0 Å². The lowest BCUT2D eigenvalue weighted by Crippen LogP contribution is -2.66. The molecule has 0 unspecified atom stereocenters. The Morgan fingerprint density at radius 2 is 0.489 bits per heavy atom. The second kappa shape index (κ2) is 14.6. The summed E-state index contributed by atoms with van der Waals surface area (Å²) in [6.45, 7) is 0. The van der Waals surface area contributed by atoms with Gasteiger partial charge >= 0.3 is 0 Å². The van der Waals surface area contributed by atoms with Gasteiger partial charge in [-0.25, -0.2) is 0 Å². The largest absolute Gasteiger partial charge is 0.229 e. The molecule has 6 aromatic carbocycles. The lowest BCUT2D eigenvalue weighted by Gasteiger charge is -2.28. The molecule has 45 heavy (non-hydrogen) atoms. The second-order valence-corrected chi connectivity index (χ2v) is 18.1. The highest BCUT2D eigenvalue weighted by Crippen LogP contribution is 2.10. The average molecular weight is 609 g/mol. The predicted molar refractivity (Wildman–Crippen MR) is 197 cm³/mol. The zero-order valence-corrected chi connectivity index (χ0v) is 27.4. The maximum Gasteiger partial charge on any atom is 0.229 e. The molecule has 0 nitrogen and oxygen atoms in total. The van der Waals surface area contributed by atoms with Gasteiger partial charge in [-0.2, -0.15) is 0 Å². The molecule has 0 aliphatic carbocycles. The minimum Gasteiger partial charge on any atom is -0.114 e. The summed E-state index contributed by atoms with van der Waals surface area (Å²) in [5, 5.41) is 7.91. The van der Waals surface area contributed by atoms with E-state index in [0.717, 1.165) is 19.3 Å². The maximum atomic E-state index is 3.92. The van der Waals surface area contributed by atoms with Gasteiger partial charge in [-0.3, -0.25) is 0 Å². The molecule has 0 saturated heterocycles. The van der Waals surface area contributed by atoms with Crippen molar-refractivity contribution in [3.8, 4) is 22.9 Å². The summed E-state index contributed by atoms with van der Waals surface area (Å²) in [6.07, 6.45) is 2.56. The van der Waals surface area contributed by atoms with Crippen LogP contribution in [0.2, 0.25) is 0 Å². The molecule has 0 aromatic heterocycles. The van der Waals surface area contributed by atoms with Gasteiger partial charge in [0.2, 0.25) is 16.1 Å². The highest BCUT2D eigenvalue weighted by molar-refractivity contribution is 7.17. The van der Waals surface area contributed by atoms with E-state index in [-0.39, 0.29) is 0 Å². The van der Waals surface area contributed by atoms with E-state index in [1.54, 1.807) is 0 Å². The zero-order valence-electron chi connectivity index (χ0n) is 25.4. The van der Waals surface area contributed by atoms with Gasteiger partial charge in [0.25, 0.3) is 0 Å². The van der Waals surface area contributed by atoms with Gasteiger partial charge in [0.05, 0.1) is 0 Å².